The Hall–Kier alpha value is -2.30. The molecule has 0 saturated carbocycles. The number of nitrogens with zero attached hydrogens (tertiary/aromatic N) is 3. The summed E-state index contributed by atoms with van der Waals surface area (Å²) in [6, 6.07) is 0.916. The molecule has 1 unspecified atom stereocenters. The molecule has 2 aromatic rings. The summed E-state index contributed by atoms with van der Waals surface area (Å²) in [6.45, 7) is 6.02. The van der Waals surface area contributed by atoms with Gasteiger partial charge in [-0.1, -0.05) is 17.8 Å². The van der Waals surface area contributed by atoms with Crippen molar-refractivity contribution < 1.29 is 31.5 Å². The van der Waals surface area contributed by atoms with Crippen molar-refractivity contribution >= 4 is 17.9 Å². The fourth-order valence-electron chi connectivity index (χ4n) is 3.68. The van der Waals surface area contributed by atoms with Crippen LogP contribution in [-0.4, -0.2) is 38.9 Å². The van der Waals surface area contributed by atoms with Crippen LogP contribution in [0.25, 0.3) is 0 Å². The molecule has 5 nitrogen and oxygen atoms in total. The van der Waals surface area contributed by atoms with E-state index in [2.05, 4.69) is 4.98 Å². The zero-order chi connectivity index (χ0) is 23.8. The van der Waals surface area contributed by atoms with Crippen LogP contribution >= 0.6 is 11.8 Å². The Morgan fingerprint density at radius 3 is 2.47 bits per heavy atom. The van der Waals surface area contributed by atoms with Crippen molar-refractivity contribution in [3.05, 3.63) is 46.8 Å². The van der Waals surface area contributed by atoms with Crippen molar-refractivity contribution in [2.45, 2.75) is 63.1 Å². The Morgan fingerprint density at radius 1 is 1.19 bits per heavy atom. The summed E-state index contributed by atoms with van der Waals surface area (Å²) in [5.41, 5.74) is -1.86. The van der Waals surface area contributed by atoms with Crippen LogP contribution in [0.2, 0.25) is 0 Å². The van der Waals surface area contributed by atoms with Crippen molar-refractivity contribution in [3.8, 4) is 0 Å². The van der Waals surface area contributed by atoms with Crippen molar-refractivity contribution in [2.24, 2.45) is 0 Å². The highest BCUT2D eigenvalue weighted by Gasteiger charge is 2.37. The van der Waals surface area contributed by atoms with Crippen LogP contribution < -0.4 is 0 Å². The van der Waals surface area contributed by atoms with Crippen molar-refractivity contribution in [1.82, 2.24) is 14.5 Å². The fraction of sp³-hybridized carbons (Fsp3) is 0.524. The molecule has 1 atom stereocenters. The molecule has 1 amide bonds. The predicted octanol–water partition coefficient (Wildman–Crippen LogP) is 5.83. The number of ether oxygens (including phenoxy) is 1. The number of aryl methyl sites for hydroxylation is 1. The minimum Gasteiger partial charge on any atom is -0.444 e. The van der Waals surface area contributed by atoms with Gasteiger partial charge in [-0.2, -0.15) is 13.2 Å². The molecule has 0 radical (unpaired) electrons. The number of aromatic nitrogens is 2. The van der Waals surface area contributed by atoms with Gasteiger partial charge in [-0.15, -0.1) is 0 Å². The first-order chi connectivity index (χ1) is 14.8. The number of hydrogen-bond donors (Lipinski definition) is 0. The smallest absolute Gasteiger partial charge is 0.419 e. The van der Waals surface area contributed by atoms with E-state index in [0.29, 0.717) is 24.8 Å². The van der Waals surface area contributed by atoms with Gasteiger partial charge in [0.15, 0.2) is 16.8 Å². The highest BCUT2D eigenvalue weighted by Crippen LogP contribution is 2.36. The van der Waals surface area contributed by atoms with E-state index in [-0.39, 0.29) is 18.4 Å². The average molecular weight is 477 g/mol. The lowest BCUT2D eigenvalue weighted by Gasteiger charge is -2.37. The molecule has 0 bridgehead atoms. The minimum atomic E-state index is -4.99. The number of fused-ring (bicyclic) bond motifs is 1. The molecule has 1 aliphatic heterocycles. The lowest BCUT2D eigenvalue weighted by molar-refractivity contribution is -0.140. The summed E-state index contributed by atoms with van der Waals surface area (Å²) in [4.78, 5) is 18.7. The molecule has 1 aliphatic rings. The number of rotatable bonds is 4. The average Bonchev–Trinajstić information content (AvgIpc) is 3.10. The zero-order valence-electron chi connectivity index (χ0n) is 18.1. The standard InChI is InChI=1S/C21H24F5N3O2S/c1-20(2,3)31-19(30)29-10-9-28-15(11-27-18(28)32-4)14(29)8-6-12-5-7-13(21(24,25)26)17(23)16(12)22/h5,7,11,14H,6,8-10H2,1-4H3. The minimum absolute atomic E-state index is 0.0787. The largest absolute Gasteiger partial charge is 0.444 e. The van der Waals surface area contributed by atoms with Crippen molar-refractivity contribution in [2.75, 3.05) is 12.8 Å². The van der Waals surface area contributed by atoms with Gasteiger partial charge in [-0.25, -0.2) is 18.6 Å². The molecule has 176 valence electrons. The van der Waals surface area contributed by atoms with E-state index in [9.17, 15) is 26.7 Å². The monoisotopic (exact) mass is 477 g/mol. The second-order valence-corrected chi connectivity index (χ2v) is 9.22. The van der Waals surface area contributed by atoms with E-state index in [0.717, 1.165) is 11.2 Å². The quantitative estimate of drug-likeness (QED) is 0.411. The van der Waals surface area contributed by atoms with Crippen LogP contribution in [0.1, 0.15) is 50.1 Å². The number of halogens is 5. The molecule has 2 heterocycles. The molecule has 1 aromatic carbocycles. The van der Waals surface area contributed by atoms with Crippen LogP contribution in [0.15, 0.2) is 23.5 Å². The van der Waals surface area contributed by atoms with E-state index in [1.807, 2.05) is 10.8 Å². The van der Waals surface area contributed by atoms with Crippen LogP contribution in [0.4, 0.5) is 26.7 Å². The van der Waals surface area contributed by atoms with E-state index >= 15 is 0 Å². The summed E-state index contributed by atoms with van der Waals surface area (Å²) < 4.78 is 74.3. The molecule has 1 aromatic heterocycles. The Labute approximate surface area is 186 Å². The molecule has 0 saturated heterocycles. The first-order valence-electron chi connectivity index (χ1n) is 9.96. The molecule has 11 heteroatoms. The molecule has 32 heavy (non-hydrogen) atoms. The van der Waals surface area contributed by atoms with Crippen LogP contribution in [-0.2, 0) is 23.9 Å². The zero-order valence-corrected chi connectivity index (χ0v) is 18.9. The Bertz CT molecular complexity index is 1000. The lowest BCUT2D eigenvalue weighted by Crippen LogP contribution is -2.44. The third-order valence-corrected chi connectivity index (χ3v) is 5.79. The lowest BCUT2D eigenvalue weighted by atomic mass is 9.99. The van der Waals surface area contributed by atoms with Gasteiger partial charge in [0.25, 0.3) is 0 Å². The number of alkyl halides is 3. The number of thioether (sulfide) groups is 1. The molecule has 0 fully saturated rings. The number of carbonyl (C=O) groups excluding carboxylic acids is 1. The summed E-state index contributed by atoms with van der Waals surface area (Å²) in [5, 5.41) is 0.751. The third kappa shape index (κ3) is 5.02. The molecule has 0 aliphatic carbocycles. The summed E-state index contributed by atoms with van der Waals surface area (Å²) in [5.74, 6) is -3.45. The second kappa shape index (κ2) is 8.92. The van der Waals surface area contributed by atoms with Gasteiger partial charge in [0.2, 0.25) is 0 Å². The maximum atomic E-state index is 14.4. The fourth-order valence-corrected chi connectivity index (χ4v) is 4.26. The van der Waals surface area contributed by atoms with Crippen molar-refractivity contribution in [1.29, 1.82) is 0 Å². The molecule has 0 spiro atoms. The number of amides is 1. The maximum Gasteiger partial charge on any atom is 0.419 e. The molecular formula is C21H24F5N3O2S. The van der Waals surface area contributed by atoms with E-state index in [1.165, 1.54) is 16.7 Å². The topological polar surface area (TPSA) is 47.4 Å². The van der Waals surface area contributed by atoms with E-state index in [1.54, 1.807) is 27.0 Å². The molecule has 0 N–H and O–H groups in total. The normalized spacial score (nSPS) is 16.8. The molecular weight excluding hydrogens is 453 g/mol. The van der Waals surface area contributed by atoms with Crippen molar-refractivity contribution in [3.63, 3.8) is 0 Å². The number of carbonyl (C=O) groups is 1. The highest BCUT2D eigenvalue weighted by atomic mass is 32.2. The second-order valence-electron chi connectivity index (χ2n) is 8.45. The summed E-state index contributed by atoms with van der Waals surface area (Å²) in [7, 11) is 0. The number of hydrogen-bond acceptors (Lipinski definition) is 4. The van der Waals surface area contributed by atoms with Gasteiger partial charge in [0.1, 0.15) is 5.60 Å². The van der Waals surface area contributed by atoms with Gasteiger partial charge in [-0.3, -0.25) is 4.90 Å². The van der Waals surface area contributed by atoms with Crippen LogP contribution in [0.5, 0.6) is 0 Å². The van der Waals surface area contributed by atoms with Gasteiger partial charge < -0.3 is 9.30 Å². The number of benzene rings is 1. The Balaban J connectivity index is 1.90. The maximum absolute atomic E-state index is 14.4. The Kier molecular flexibility index (Phi) is 6.78. The van der Waals surface area contributed by atoms with E-state index in [4.69, 9.17) is 4.74 Å². The van der Waals surface area contributed by atoms with Gasteiger partial charge >= 0.3 is 12.3 Å². The van der Waals surface area contributed by atoms with Gasteiger partial charge in [-0.05, 0) is 51.5 Å². The van der Waals surface area contributed by atoms with Gasteiger partial charge in [0, 0.05) is 13.1 Å². The first kappa shape index (κ1) is 24.3. The van der Waals surface area contributed by atoms with Crippen LogP contribution in [0.3, 0.4) is 0 Å². The highest BCUT2D eigenvalue weighted by molar-refractivity contribution is 7.98. The first-order valence-corrected chi connectivity index (χ1v) is 11.2. The summed E-state index contributed by atoms with van der Waals surface area (Å²) in [6.07, 6.45) is -1.98. The third-order valence-electron chi connectivity index (χ3n) is 5.10. The SMILES string of the molecule is CSc1ncc2n1CCN(C(=O)OC(C)(C)C)C2CCc1ccc(C(F)(F)F)c(F)c1F. The summed E-state index contributed by atoms with van der Waals surface area (Å²) >= 11 is 1.44. The van der Waals surface area contributed by atoms with Crippen LogP contribution in [0, 0.1) is 11.6 Å². The van der Waals surface area contributed by atoms with Gasteiger partial charge in [0.05, 0.1) is 23.5 Å². The van der Waals surface area contributed by atoms with E-state index < -0.39 is 41.1 Å². The Morgan fingerprint density at radius 2 is 1.88 bits per heavy atom. The number of imidazole rings is 1. The predicted molar refractivity (Wildman–Crippen MR) is 109 cm³/mol. The molecule has 3 rings (SSSR count).